The Balaban J connectivity index is 2.18. The number of hydrogen-bond acceptors (Lipinski definition) is 3. The standard InChI is InChI=1S/C14H21BrN2O/c1-10-3-4-14(13(15)7-10)17-9-12(5-6-18)16-8-11(17)2/h3-4,7,11-12,16,18H,5-6,8-9H2,1-2H3. The highest BCUT2D eigenvalue weighted by Gasteiger charge is 2.25. The van der Waals surface area contributed by atoms with E-state index < -0.39 is 0 Å². The van der Waals surface area contributed by atoms with Gasteiger partial charge in [-0.1, -0.05) is 6.07 Å². The van der Waals surface area contributed by atoms with E-state index in [1.165, 1.54) is 11.3 Å². The average molecular weight is 313 g/mol. The Bertz CT molecular complexity index is 411. The van der Waals surface area contributed by atoms with Crippen molar-refractivity contribution in [2.75, 3.05) is 24.6 Å². The molecule has 1 fully saturated rings. The van der Waals surface area contributed by atoms with Crippen LogP contribution in [0.1, 0.15) is 18.9 Å². The van der Waals surface area contributed by atoms with Gasteiger partial charge in [-0.15, -0.1) is 0 Å². The van der Waals surface area contributed by atoms with Gasteiger partial charge in [0.1, 0.15) is 0 Å². The lowest BCUT2D eigenvalue weighted by Gasteiger charge is -2.40. The van der Waals surface area contributed by atoms with Crippen molar-refractivity contribution < 1.29 is 5.11 Å². The van der Waals surface area contributed by atoms with E-state index >= 15 is 0 Å². The SMILES string of the molecule is Cc1ccc(N2CC(CCO)NCC2C)c(Br)c1. The third kappa shape index (κ3) is 3.05. The number of halogens is 1. The van der Waals surface area contributed by atoms with Crippen LogP contribution in [0.2, 0.25) is 0 Å². The molecule has 18 heavy (non-hydrogen) atoms. The minimum atomic E-state index is 0.245. The molecule has 1 aromatic carbocycles. The molecule has 100 valence electrons. The summed E-state index contributed by atoms with van der Waals surface area (Å²) < 4.78 is 1.15. The van der Waals surface area contributed by atoms with Crippen molar-refractivity contribution in [1.29, 1.82) is 0 Å². The number of nitrogens with one attached hydrogen (secondary N) is 1. The number of rotatable bonds is 3. The second-order valence-electron chi connectivity index (χ2n) is 5.07. The first-order valence-electron chi connectivity index (χ1n) is 6.49. The largest absolute Gasteiger partial charge is 0.396 e. The third-order valence-electron chi connectivity index (χ3n) is 3.54. The van der Waals surface area contributed by atoms with Crippen LogP contribution >= 0.6 is 15.9 Å². The Labute approximate surface area is 117 Å². The predicted molar refractivity (Wildman–Crippen MR) is 79.2 cm³/mol. The first-order chi connectivity index (χ1) is 8.61. The van der Waals surface area contributed by atoms with Crippen molar-refractivity contribution in [1.82, 2.24) is 5.32 Å². The van der Waals surface area contributed by atoms with Gasteiger partial charge in [-0.3, -0.25) is 0 Å². The van der Waals surface area contributed by atoms with E-state index in [9.17, 15) is 0 Å². The van der Waals surface area contributed by atoms with Gasteiger partial charge in [0.25, 0.3) is 0 Å². The molecular weight excluding hydrogens is 292 g/mol. The Kier molecular flexibility index (Phi) is 4.65. The maximum Gasteiger partial charge on any atom is 0.0514 e. The average Bonchev–Trinajstić information content (AvgIpc) is 2.33. The predicted octanol–water partition coefficient (Wildman–Crippen LogP) is 2.31. The van der Waals surface area contributed by atoms with Gasteiger partial charge in [0.05, 0.1) is 5.69 Å². The maximum atomic E-state index is 9.06. The fraction of sp³-hybridized carbons (Fsp3) is 0.571. The van der Waals surface area contributed by atoms with Crippen LogP contribution in [0.3, 0.4) is 0 Å². The van der Waals surface area contributed by atoms with E-state index in [2.05, 4.69) is 58.2 Å². The molecule has 0 aromatic heterocycles. The topological polar surface area (TPSA) is 35.5 Å². The third-order valence-corrected chi connectivity index (χ3v) is 4.18. The molecule has 2 unspecified atom stereocenters. The normalized spacial score (nSPS) is 24.3. The zero-order valence-electron chi connectivity index (χ0n) is 11.0. The van der Waals surface area contributed by atoms with Crippen LogP contribution in [0.15, 0.2) is 22.7 Å². The zero-order valence-corrected chi connectivity index (χ0v) is 12.6. The fourth-order valence-corrected chi connectivity index (χ4v) is 3.18. The number of aliphatic hydroxyl groups is 1. The van der Waals surface area contributed by atoms with Crippen LogP contribution in [0.4, 0.5) is 5.69 Å². The molecule has 2 N–H and O–H groups in total. The van der Waals surface area contributed by atoms with E-state index in [1.54, 1.807) is 0 Å². The number of piperazine rings is 1. The Morgan fingerprint density at radius 2 is 2.28 bits per heavy atom. The van der Waals surface area contributed by atoms with Gasteiger partial charge in [0.15, 0.2) is 0 Å². The fourth-order valence-electron chi connectivity index (χ4n) is 2.46. The Morgan fingerprint density at radius 3 is 2.94 bits per heavy atom. The lowest BCUT2D eigenvalue weighted by atomic mass is 10.1. The van der Waals surface area contributed by atoms with Gasteiger partial charge in [-0.25, -0.2) is 0 Å². The molecule has 4 heteroatoms. The second-order valence-corrected chi connectivity index (χ2v) is 5.93. The molecule has 1 saturated heterocycles. The van der Waals surface area contributed by atoms with Crippen molar-refractivity contribution >= 4 is 21.6 Å². The molecule has 2 atom stereocenters. The summed E-state index contributed by atoms with van der Waals surface area (Å²) in [6.07, 6.45) is 0.812. The summed E-state index contributed by atoms with van der Waals surface area (Å²) >= 11 is 3.66. The van der Waals surface area contributed by atoms with Crippen molar-refractivity contribution in [3.63, 3.8) is 0 Å². The van der Waals surface area contributed by atoms with Gasteiger partial charge >= 0.3 is 0 Å². The van der Waals surface area contributed by atoms with Crippen LogP contribution in [0, 0.1) is 6.92 Å². The van der Waals surface area contributed by atoms with Crippen LogP contribution in [0.25, 0.3) is 0 Å². The van der Waals surface area contributed by atoms with E-state index in [0.29, 0.717) is 12.1 Å². The summed E-state index contributed by atoms with van der Waals surface area (Å²) in [6.45, 7) is 6.49. The van der Waals surface area contributed by atoms with Gasteiger partial charge in [0, 0.05) is 36.3 Å². The molecule has 0 amide bonds. The number of anilines is 1. The highest BCUT2D eigenvalue weighted by atomic mass is 79.9. The molecule has 1 aliphatic heterocycles. The van der Waals surface area contributed by atoms with Gasteiger partial charge < -0.3 is 15.3 Å². The zero-order chi connectivity index (χ0) is 13.1. The van der Waals surface area contributed by atoms with Crippen molar-refractivity contribution in [2.45, 2.75) is 32.4 Å². The molecule has 0 aliphatic carbocycles. The van der Waals surface area contributed by atoms with E-state index in [4.69, 9.17) is 5.11 Å². The Morgan fingerprint density at radius 1 is 1.50 bits per heavy atom. The molecular formula is C14H21BrN2O. The van der Waals surface area contributed by atoms with Gasteiger partial charge in [0.2, 0.25) is 0 Å². The van der Waals surface area contributed by atoms with Crippen LogP contribution in [-0.4, -0.2) is 36.9 Å². The number of benzene rings is 1. The monoisotopic (exact) mass is 312 g/mol. The van der Waals surface area contributed by atoms with Gasteiger partial charge in [-0.05, 0) is 53.9 Å². The van der Waals surface area contributed by atoms with E-state index in [-0.39, 0.29) is 6.61 Å². The van der Waals surface area contributed by atoms with E-state index in [0.717, 1.165) is 24.0 Å². The molecule has 0 radical (unpaired) electrons. The van der Waals surface area contributed by atoms with Crippen molar-refractivity contribution in [2.24, 2.45) is 0 Å². The minimum Gasteiger partial charge on any atom is -0.396 e. The lowest BCUT2D eigenvalue weighted by molar-refractivity contribution is 0.254. The van der Waals surface area contributed by atoms with Gasteiger partial charge in [-0.2, -0.15) is 0 Å². The first-order valence-corrected chi connectivity index (χ1v) is 7.28. The van der Waals surface area contributed by atoms with Crippen LogP contribution < -0.4 is 10.2 Å². The summed E-state index contributed by atoms with van der Waals surface area (Å²) in [5, 5.41) is 12.5. The molecule has 1 aromatic rings. The molecule has 3 nitrogen and oxygen atoms in total. The summed E-state index contributed by atoms with van der Waals surface area (Å²) in [5.74, 6) is 0. The molecule has 1 heterocycles. The Hall–Kier alpha value is -0.580. The number of aliphatic hydroxyl groups excluding tert-OH is 1. The second kappa shape index (κ2) is 6.04. The number of hydrogen-bond donors (Lipinski definition) is 2. The van der Waals surface area contributed by atoms with E-state index in [1.807, 2.05) is 0 Å². The summed E-state index contributed by atoms with van der Waals surface area (Å²) in [4.78, 5) is 2.42. The van der Waals surface area contributed by atoms with Crippen molar-refractivity contribution in [3.8, 4) is 0 Å². The van der Waals surface area contributed by atoms with Crippen LogP contribution in [0.5, 0.6) is 0 Å². The summed E-state index contributed by atoms with van der Waals surface area (Å²) in [7, 11) is 0. The molecule has 0 saturated carbocycles. The van der Waals surface area contributed by atoms with Crippen molar-refractivity contribution in [3.05, 3.63) is 28.2 Å². The highest BCUT2D eigenvalue weighted by Crippen LogP contribution is 2.30. The van der Waals surface area contributed by atoms with Crippen LogP contribution in [-0.2, 0) is 0 Å². The smallest absolute Gasteiger partial charge is 0.0514 e. The highest BCUT2D eigenvalue weighted by molar-refractivity contribution is 9.10. The first kappa shape index (κ1) is 13.8. The summed E-state index contributed by atoms with van der Waals surface area (Å²) in [6, 6.07) is 7.33. The molecule has 0 spiro atoms. The molecule has 0 bridgehead atoms. The number of aryl methyl sites for hydroxylation is 1. The summed E-state index contributed by atoms with van der Waals surface area (Å²) in [5.41, 5.74) is 2.51. The lowest BCUT2D eigenvalue weighted by Crippen LogP contribution is -2.55. The maximum absolute atomic E-state index is 9.06. The molecule has 2 rings (SSSR count). The minimum absolute atomic E-state index is 0.245. The quantitative estimate of drug-likeness (QED) is 0.899. The number of nitrogens with zero attached hydrogens (tertiary/aromatic N) is 1. The molecule has 1 aliphatic rings.